The van der Waals surface area contributed by atoms with Crippen LogP contribution in [0.1, 0.15) is 18.1 Å². The molecule has 2 aromatic rings. The molecule has 0 atom stereocenters. The summed E-state index contributed by atoms with van der Waals surface area (Å²) in [5.74, 6) is -0.119. The second-order valence-electron chi connectivity index (χ2n) is 6.86. The molecular formula is C21H24Cl2N4O. The summed E-state index contributed by atoms with van der Waals surface area (Å²) in [5, 5.41) is 5.60. The van der Waals surface area contributed by atoms with Crippen molar-refractivity contribution in [3.63, 3.8) is 0 Å². The van der Waals surface area contributed by atoms with Crippen LogP contribution in [0.4, 0.5) is 0 Å². The fourth-order valence-electron chi connectivity index (χ4n) is 3.17. The molecule has 148 valence electrons. The first kappa shape index (κ1) is 20.8. The van der Waals surface area contributed by atoms with Gasteiger partial charge in [-0.25, -0.2) is 5.43 Å². The van der Waals surface area contributed by atoms with Gasteiger partial charge >= 0.3 is 0 Å². The minimum Gasteiger partial charge on any atom is -0.296 e. The minimum absolute atomic E-state index is 0.119. The van der Waals surface area contributed by atoms with Gasteiger partial charge in [-0.3, -0.25) is 14.6 Å². The molecule has 3 rings (SSSR count). The monoisotopic (exact) mass is 418 g/mol. The van der Waals surface area contributed by atoms with Crippen LogP contribution in [-0.2, 0) is 11.3 Å². The van der Waals surface area contributed by atoms with E-state index in [1.807, 2.05) is 43.3 Å². The van der Waals surface area contributed by atoms with E-state index in [4.69, 9.17) is 23.2 Å². The van der Waals surface area contributed by atoms with E-state index in [1.165, 1.54) is 0 Å². The average molecular weight is 419 g/mol. The van der Waals surface area contributed by atoms with E-state index in [0.717, 1.165) is 48.9 Å². The Labute approximate surface area is 175 Å². The number of nitrogens with one attached hydrogen (secondary N) is 1. The van der Waals surface area contributed by atoms with Gasteiger partial charge in [0, 0.05) is 48.3 Å². The van der Waals surface area contributed by atoms with Gasteiger partial charge in [0.25, 0.3) is 5.91 Å². The Balaban J connectivity index is 1.44. The molecule has 1 aliphatic heterocycles. The predicted octanol–water partition coefficient (Wildman–Crippen LogP) is 3.65. The number of hydrogen-bond donors (Lipinski definition) is 1. The molecule has 0 bridgehead atoms. The summed E-state index contributed by atoms with van der Waals surface area (Å²) in [6, 6.07) is 15.4. The van der Waals surface area contributed by atoms with Crippen LogP contribution in [0.3, 0.4) is 0 Å². The van der Waals surface area contributed by atoms with Crippen LogP contribution in [0.15, 0.2) is 53.6 Å². The van der Waals surface area contributed by atoms with Gasteiger partial charge in [0.2, 0.25) is 0 Å². The lowest BCUT2D eigenvalue weighted by Crippen LogP contribution is -2.48. The van der Waals surface area contributed by atoms with Gasteiger partial charge in [0.05, 0.1) is 12.3 Å². The topological polar surface area (TPSA) is 47.9 Å². The molecule has 0 unspecified atom stereocenters. The summed E-state index contributed by atoms with van der Waals surface area (Å²) in [5.41, 5.74) is 5.27. The Morgan fingerprint density at radius 1 is 0.964 bits per heavy atom. The lowest BCUT2D eigenvalue weighted by Gasteiger charge is -2.34. The second kappa shape index (κ2) is 10.0. The maximum absolute atomic E-state index is 12.2. The number of benzene rings is 2. The van der Waals surface area contributed by atoms with E-state index in [-0.39, 0.29) is 5.91 Å². The van der Waals surface area contributed by atoms with Crippen LogP contribution in [0.5, 0.6) is 0 Å². The first-order valence-electron chi connectivity index (χ1n) is 9.29. The Hall–Kier alpha value is -1.92. The number of hydrazone groups is 1. The number of carbonyl (C=O) groups is 1. The zero-order valence-electron chi connectivity index (χ0n) is 15.9. The zero-order chi connectivity index (χ0) is 19.9. The number of piperazine rings is 1. The fourth-order valence-corrected chi connectivity index (χ4v) is 3.64. The van der Waals surface area contributed by atoms with E-state index in [2.05, 4.69) is 26.4 Å². The Bertz CT molecular complexity index is 848. The number of rotatable bonds is 6. The van der Waals surface area contributed by atoms with E-state index in [9.17, 15) is 4.79 Å². The van der Waals surface area contributed by atoms with Crippen molar-refractivity contribution in [1.29, 1.82) is 0 Å². The van der Waals surface area contributed by atoms with Gasteiger partial charge in [-0.15, -0.1) is 0 Å². The molecule has 1 aliphatic rings. The fraction of sp³-hybridized carbons (Fsp3) is 0.333. The largest absolute Gasteiger partial charge is 0.296 e. The summed E-state index contributed by atoms with van der Waals surface area (Å²) in [6.45, 7) is 6.48. The lowest BCUT2D eigenvalue weighted by molar-refractivity contribution is -0.122. The van der Waals surface area contributed by atoms with Gasteiger partial charge in [-0.2, -0.15) is 5.10 Å². The summed E-state index contributed by atoms with van der Waals surface area (Å²) in [7, 11) is 0. The normalized spacial score (nSPS) is 16.2. The highest BCUT2D eigenvalue weighted by atomic mass is 35.5. The van der Waals surface area contributed by atoms with Crippen molar-refractivity contribution in [1.82, 2.24) is 15.2 Å². The third-order valence-electron chi connectivity index (χ3n) is 4.80. The predicted molar refractivity (Wildman–Crippen MR) is 115 cm³/mol. The number of halogens is 2. The molecule has 5 nitrogen and oxygen atoms in total. The average Bonchev–Trinajstić information content (AvgIpc) is 2.70. The molecular weight excluding hydrogens is 395 g/mol. The number of nitrogens with zero attached hydrogens (tertiary/aromatic N) is 3. The van der Waals surface area contributed by atoms with Crippen LogP contribution >= 0.6 is 23.2 Å². The Morgan fingerprint density at radius 3 is 2.25 bits per heavy atom. The Morgan fingerprint density at radius 2 is 1.57 bits per heavy atom. The molecule has 0 saturated carbocycles. The molecule has 1 amide bonds. The smallest absolute Gasteiger partial charge is 0.254 e. The Kier molecular flexibility index (Phi) is 7.45. The third kappa shape index (κ3) is 5.79. The van der Waals surface area contributed by atoms with E-state index in [0.29, 0.717) is 17.3 Å². The molecule has 0 radical (unpaired) electrons. The quantitative estimate of drug-likeness (QED) is 0.575. The number of carbonyl (C=O) groups excluding carboxylic acids is 1. The summed E-state index contributed by atoms with van der Waals surface area (Å²) in [4.78, 5) is 16.7. The molecule has 0 spiro atoms. The van der Waals surface area contributed by atoms with Crippen molar-refractivity contribution in [3.8, 4) is 0 Å². The van der Waals surface area contributed by atoms with Crippen LogP contribution in [0.2, 0.25) is 10.0 Å². The van der Waals surface area contributed by atoms with Gasteiger partial charge in [-0.1, -0.05) is 59.6 Å². The summed E-state index contributed by atoms with van der Waals surface area (Å²) in [6.07, 6.45) is 0. The van der Waals surface area contributed by atoms with Gasteiger partial charge < -0.3 is 0 Å². The molecule has 28 heavy (non-hydrogen) atoms. The van der Waals surface area contributed by atoms with Crippen molar-refractivity contribution < 1.29 is 4.79 Å². The summed E-state index contributed by atoms with van der Waals surface area (Å²) < 4.78 is 0. The van der Waals surface area contributed by atoms with Crippen LogP contribution in [0, 0.1) is 0 Å². The minimum atomic E-state index is -0.119. The summed E-state index contributed by atoms with van der Waals surface area (Å²) >= 11 is 12.4. The highest BCUT2D eigenvalue weighted by Crippen LogP contribution is 2.18. The molecule has 0 aliphatic carbocycles. The van der Waals surface area contributed by atoms with Crippen LogP contribution < -0.4 is 5.43 Å². The highest BCUT2D eigenvalue weighted by Gasteiger charge is 2.19. The first-order valence-corrected chi connectivity index (χ1v) is 10.0. The van der Waals surface area contributed by atoms with Crippen molar-refractivity contribution in [2.45, 2.75) is 13.5 Å². The van der Waals surface area contributed by atoms with Crippen LogP contribution in [-0.4, -0.2) is 54.1 Å². The molecule has 2 aromatic carbocycles. The lowest BCUT2D eigenvalue weighted by atomic mass is 10.1. The molecule has 0 aromatic heterocycles. The number of amides is 1. The van der Waals surface area contributed by atoms with Gasteiger partial charge in [-0.05, 0) is 24.6 Å². The maximum Gasteiger partial charge on any atom is 0.254 e. The molecule has 1 fully saturated rings. The zero-order valence-corrected chi connectivity index (χ0v) is 17.4. The van der Waals surface area contributed by atoms with Crippen molar-refractivity contribution in [2.75, 3.05) is 32.7 Å². The maximum atomic E-state index is 12.2. The van der Waals surface area contributed by atoms with E-state index < -0.39 is 0 Å². The first-order chi connectivity index (χ1) is 13.5. The standard InChI is InChI=1S/C21H24Cl2N4O/c1-16(18-7-3-5-9-20(18)23)24-25-21(28)15-27-12-10-26(11-13-27)14-17-6-2-4-8-19(17)22/h2-9H,10-15H2,1H3,(H,25,28). The third-order valence-corrected chi connectivity index (χ3v) is 5.49. The van der Waals surface area contributed by atoms with Gasteiger partial charge in [0.1, 0.15) is 0 Å². The van der Waals surface area contributed by atoms with E-state index in [1.54, 1.807) is 6.07 Å². The van der Waals surface area contributed by atoms with Crippen LogP contribution in [0.25, 0.3) is 0 Å². The van der Waals surface area contributed by atoms with Crippen molar-refractivity contribution in [2.24, 2.45) is 5.10 Å². The SMILES string of the molecule is CC(=NNC(=O)CN1CCN(Cc2ccccc2Cl)CC1)c1ccccc1Cl. The molecule has 1 saturated heterocycles. The molecule has 7 heteroatoms. The van der Waals surface area contributed by atoms with E-state index >= 15 is 0 Å². The highest BCUT2D eigenvalue weighted by molar-refractivity contribution is 6.34. The molecule has 1 heterocycles. The van der Waals surface area contributed by atoms with Crippen molar-refractivity contribution in [3.05, 3.63) is 69.7 Å². The van der Waals surface area contributed by atoms with Gasteiger partial charge in [0.15, 0.2) is 0 Å². The van der Waals surface area contributed by atoms with Crippen molar-refractivity contribution >= 4 is 34.8 Å². The molecule has 1 N–H and O–H groups in total. The second-order valence-corrected chi connectivity index (χ2v) is 7.67. The number of hydrogen-bond acceptors (Lipinski definition) is 4.